The highest BCUT2D eigenvalue weighted by Gasteiger charge is 2.35. The Labute approximate surface area is 200 Å². The number of piperidine rings is 1. The first kappa shape index (κ1) is 23.4. The van der Waals surface area contributed by atoms with Crippen molar-refractivity contribution in [3.63, 3.8) is 0 Å². The van der Waals surface area contributed by atoms with Crippen molar-refractivity contribution < 1.29 is 27.5 Å². The van der Waals surface area contributed by atoms with Gasteiger partial charge in [-0.15, -0.1) is 0 Å². The summed E-state index contributed by atoms with van der Waals surface area (Å²) < 4.78 is 44.0. The fraction of sp³-hybridized carbons (Fsp3) is 0.458. The third-order valence-electron chi connectivity index (χ3n) is 6.63. The zero-order valence-electron chi connectivity index (χ0n) is 18.9. The summed E-state index contributed by atoms with van der Waals surface area (Å²) >= 11 is 0. The highest BCUT2D eigenvalue weighted by atomic mass is 19.4. The molecule has 2 N–H and O–H groups in total. The molecule has 0 aliphatic carbocycles. The number of aromatic nitrogens is 1. The van der Waals surface area contributed by atoms with Crippen molar-refractivity contribution in [2.24, 2.45) is 0 Å². The molecule has 8 nitrogen and oxygen atoms in total. The van der Waals surface area contributed by atoms with Gasteiger partial charge in [0.25, 0.3) is 0 Å². The lowest BCUT2D eigenvalue weighted by atomic mass is 10.0. The smallest absolute Gasteiger partial charge is 0.371 e. The molecule has 186 valence electrons. The Morgan fingerprint density at radius 3 is 2.37 bits per heavy atom. The number of nitrogens with zero attached hydrogens (tertiary/aromatic N) is 3. The molecule has 4 heterocycles. The fourth-order valence-electron chi connectivity index (χ4n) is 4.86. The molecule has 35 heavy (non-hydrogen) atoms. The fourth-order valence-corrected chi connectivity index (χ4v) is 4.86. The van der Waals surface area contributed by atoms with Crippen molar-refractivity contribution in [1.82, 2.24) is 10.3 Å². The largest absolute Gasteiger partial charge is 0.416 e. The highest BCUT2D eigenvalue weighted by Crippen LogP contribution is 2.31. The lowest BCUT2D eigenvalue weighted by molar-refractivity contribution is -0.137. The Balaban J connectivity index is 1.19. The second-order valence-corrected chi connectivity index (χ2v) is 9.10. The summed E-state index contributed by atoms with van der Waals surface area (Å²) in [5.41, 5.74) is 0.0544. The van der Waals surface area contributed by atoms with Crippen molar-refractivity contribution in [1.29, 1.82) is 0 Å². The van der Waals surface area contributed by atoms with Gasteiger partial charge in [0.1, 0.15) is 11.9 Å². The number of alkyl halides is 3. The Morgan fingerprint density at radius 2 is 1.74 bits per heavy atom. The SMILES string of the molecule is O=C(Nc1ccc(C(F)(F)F)cc1)N[C@@H]1CCCN(c2ccc(N3C[C@H]4CC[C@@H](C3)O4)nc2)C1=O. The minimum atomic E-state index is -4.45. The van der Waals surface area contributed by atoms with Gasteiger partial charge in [-0.1, -0.05) is 0 Å². The summed E-state index contributed by atoms with van der Waals surface area (Å²) in [5, 5.41) is 5.12. The van der Waals surface area contributed by atoms with Crippen LogP contribution in [0.1, 0.15) is 31.2 Å². The number of carbonyl (C=O) groups excluding carboxylic acids is 2. The van der Waals surface area contributed by atoms with E-state index in [0.29, 0.717) is 25.1 Å². The molecule has 2 bridgehead atoms. The van der Waals surface area contributed by atoms with Gasteiger partial charge in [0.2, 0.25) is 5.91 Å². The molecule has 0 spiro atoms. The van der Waals surface area contributed by atoms with Crippen LogP contribution in [0, 0.1) is 0 Å². The monoisotopic (exact) mass is 489 g/mol. The van der Waals surface area contributed by atoms with Crippen LogP contribution >= 0.6 is 0 Å². The van der Waals surface area contributed by atoms with Gasteiger partial charge in [-0.2, -0.15) is 13.2 Å². The van der Waals surface area contributed by atoms with Gasteiger partial charge in [-0.3, -0.25) is 4.79 Å². The summed E-state index contributed by atoms with van der Waals surface area (Å²) in [7, 11) is 0. The van der Waals surface area contributed by atoms with Gasteiger partial charge in [0, 0.05) is 25.3 Å². The van der Waals surface area contributed by atoms with Crippen molar-refractivity contribution in [2.45, 2.75) is 50.1 Å². The van der Waals surface area contributed by atoms with Crippen molar-refractivity contribution >= 4 is 29.1 Å². The number of nitrogens with one attached hydrogen (secondary N) is 2. The van der Waals surface area contributed by atoms with Crippen molar-refractivity contribution in [3.8, 4) is 0 Å². The van der Waals surface area contributed by atoms with Crippen LogP contribution in [0.15, 0.2) is 42.6 Å². The van der Waals surface area contributed by atoms with E-state index in [9.17, 15) is 22.8 Å². The second-order valence-electron chi connectivity index (χ2n) is 9.10. The van der Waals surface area contributed by atoms with Gasteiger partial charge >= 0.3 is 12.2 Å². The van der Waals surface area contributed by atoms with E-state index in [1.54, 1.807) is 11.1 Å². The molecule has 3 amide bonds. The average Bonchev–Trinajstić information content (AvgIpc) is 3.17. The van der Waals surface area contributed by atoms with Gasteiger partial charge < -0.3 is 25.2 Å². The number of ether oxygens (including phenoxy) is 1. The summed E-state index contributed by atoms with van der Waals surface area (Å²) in [6, 6.07) is 6.50. The summed E-state index contributed by atoms with van der Waals surface area (Å²) in [6.45, 7) is 2.14. The van der Waals surface area contributed by atoms with Crippen molar-refractivity contribution in [2.75, 3.05) is 34.8 Å². The first-order valence-corrected chi connectivity index (χ1v) is 11.7. The molecule has 5 rings (SSSR count). The molecule has 3 aliphatic rings. The molecule has 11 heteroatoms. The van der Waals surface area contributed by atoms with E-state index in [1.165, 1.54) is 12.1 Å². The average molecular weight is 489 g/mol. The Kier molecular flexibility index (Phi) is 6.26. The number of rotatable bonds is 4. The van der Waals surface area contributed by atoms with Crippen LogP contribution in [-0.2, 0) is 15.7 Å². The lowest BCUT2D eigenvalue weighted by Crippen LogP contribution is -2.53. The number of hydrogen-bond donors (Lipinski definition) is 2. The van der Waals surface area contributed by atoms with E-state index in [4.69, 9.17) is 4.74 Å². The first-order valence-electron chi connectivity index (χ1n) is 11.7. The van der Waals surface area contributed by atoms with Gasteiger partial charge in [0.05, 0.1) is 29.7 Å². The number of urea groups is 1. The minimum Gasteiger partial charge on any atom is -0.371 e. The first-order chi connectivity index (χ1) is 16.8. The lowest BCUT2D eigenvalue weighted by Gasteiger charge is -2.34. The molecule has 3 atom stereocenters. The maximum atomic E-state index is 13.1. The number of amides is 3. The van der Waals surface area contributed by atoms with Crippen LogP contribution in [0.3, 0.4) is 0 Å². The van der Waals surface area contributed by atoms with Crippen LogP contribution in [0.25, 0.3) is 0 Å². The number of anilines is 3. The molecular weight excluding hydrogens is 463 g/mol. The molecule has 1 aromatic heterocycles. The summed E-state index contributed by atoms with van der Waals surface area (Å²) in [5.74, 6) is 0.599. The van der Waals surface area contributed by atoms with Gasteiger partial charge in [-0.25, -0.2) is 9.78 Å². The number of halogens is 3. The van der Waals surface area contributed by atoms with E-state index in [-0.39, 0.29) is 23.8 Å². The Morgan fingerprint density at radius 1 is 1.03 bits per heavy atom. The van der Waals surface area contributed by atoms with Crippen LogP contribution in [0.5, 0.6) is 0 Å². The number of carbonyl (C=O) groups is 2. The number of pyridine rings is 1. The number of morpholine rings is 1. The molecule has 3 fully saturated rings. The number of fused-ring (bicyclic) bond motifs is 2. The third-order valence-corrected chi connectivity index (χ3v) is 6.63. The van der Waals surface area contributed by atoms with E-state index in [0.717, 1.165) is 43.9 Å². The van der Waals surface area contributed by atoms with E-state index >= 15 is 0 Å². The maximum absolute atomic E-state index is 13.1. The predicted octanol–water partition coefficient (Wildman–Crippen LogP) is 3.79. The van der Waals surface area contributed by atoms with Crippen LogP contribution in [0.4, 0.5) is 35.2 Å². The minimum absolute atomic E-state index is 0.201. The van der Waals surface area contributed by atoms with E-state index in [1.807, 2.05) is 12.1 Å². The normalized spacial score (nSPS) is 24.4. The second kappa shape index (κ2) is 9.37. The molecule has 1 aromatic carbocycles. The standard InChI is InChI=1S/C24H26F3N5O3/c25-24(26,27)15-3-5-16(6-4-15)29-23(34)30-20-2-1-11-32(22(20)33)17-7-10-21(28-12-17)31-13-18-8-9-19(14-31)35-18/h3-7,10,12,18-20H,1-2,8-9,11,13-14H2,(H2,29,30,34)/t18-,19+,20-/m1/s1. The zero-order chi connectivity index (χ0) is 24.6. The summed E-state index contributed by atoms with van der Waals surface area (Å²) in [4.78, 5) is 33.8. The summed E-state index contributed by atoms with van der Waals surface area (Å²) in [6.07, 6.45) is 1.02. The zero-order valence-corrected chi connectivity index (χ0v) is 18.9. The van der Waals surface area contributed by atoms with Gasteiger partial charge in [-0.05, 0) is 62.1 Å². The predicted molar refractivity (Wildman–Crippen MR) is 123 cm³/mol. The molecule has 2 aromatic rings. The highest BCUT2D eigenvalue weighted by molar-refractivity contribution is 6.01. The van der Waals surface area contributed by atoms with Crippen LogP contribution in [0.2, 0.25) is 0 Å². The number of benzene rings is 1. The molecule has 0 unspecified atom stereocenters. The Bertz CT molecular complexity index is 1070. The third kappa shape index (κ3) is 5.19. The van der Waals surface area contributed by atoms with Gasteiger partial charge in [0.15, 0.2) is 0 Å². The number of hydrogen-bond acceptors (Lipinski definition) is 5. The molecule has 0 saturated carbocycles. The van der Waals surface area contributed by atoms with Crippen LogP contribution < -0.4 is 20.4 Å². The Hall–Kier alpha value is -3.34. The van der Waals surface area contributed by atoms with E-state index < -0.39 is 23.8 Å². The molecule has 3 saturated heterocycles. The quantitative estimate of drug-likeness (QED) is 0.683. The molecule has 0 radical (unpaired) electrons. The molecule has 3 aliphatic heterocycles. The molecular formula is C24H26F3N5O3. The topological polar surface area (TPSA) is 86.8 Å². The van der Waals surface area contributed by atoms with Crippen molar-refractivity contribution in [3.05, 3.63) is 48.2 Å². The van der Waals surface area contributed by atoms with Crippen LogP contribution in [-0.4, -0.2) is 54.8 Å². The maximum Gasteiger partial charge on any atom is 0.416 e. The van der Waals surface area contributed by atoms with E-state index in [2.05, 4.69) is 20.5 Å².